The minimum atomic E-state index is -0.462. The van der Waals surface area contributed by atoms with E-state index < -0.39 is 5.97 Å². The number of H-pyrrole nitrogens is 1. The van der Waals surface area contributed by atoms with Gasteiger partial charge in [0.15, 0.2) is 5.43 Å². The van der Waals surface area contributed by atoms with Crippen LogP contribution in [0.3, 0.4) is 0 Å². The molecule has 0 aliphatic carbocycles. The van der Waals surface area contributed by atoms with Crippen LogP contribution in [0.15, 0.2) is 205 Å². The first-order chi connectivity index (χ1) is 52.3. The molecule has 10 aromatic carbocycles. The fourth-order valence-corrected chi connectivity index (χ4v) is 16.1. The summed E-state index contributed by atoms with van der Waals surface area (Å²) in [6.45, 7) is 15.5. The number of pyridine rings is 4. The summed E-state index contributed by atoms with van der Waals surface area (Å²) in [7, 11) is 4.11. The van der Waals surface area contributed by atoms with Gasteiger partial charge in [0.05, 0.1) is 104 Å². The molecule has 0 radical (unpaired) electrons. The Labute approximate surface area is 717 Å². The van der Waals surface area contributed by atoms with Crippen LogP contribution in [0.25, 0.3) is 87.2 Å². The molecule has 0 saturated carbocycles. The maximum Gasteiger partial charge on any atom is 0.340 e. The number of benzene rings is 10. The normalized spacial score (nSPS) is 11.1. The van der Waals surface area contributed by atoms with Gasteiger partial charge in [-0.05, 0) is 266 Å². The van der Waals surface area contributed by atoms with Gasteiger partial charge in [0, 0.05) is 93.8 Å². The number of esters is 3. The molecule has 4 aromatic heterocycles. The molecule has 0 bridgehead atoms. The van der Waals surface area contributed by atoms with Crippen molar-refractivity contribution in [3.8, 4) is 0 Å². The molecule has 0 saturated heterocycles. The van der Waals surface area contributed by atoms with Crippen molar-refractivity contribution in [3.05, 3.63) is 267 Å². The number of nitrogens with zero attached hydrogens (tertiary/aromatic N) is 5. The molecule has 566 valence electrons. The quantitative estimate of drug-likeness (QED) is 0.0324. The summed E-state index contributed by atoms with van der Waals surface area (Å²) in [5.41, 5.74) is 13.1. The zero-order valence-electron chi connectivity index (χ0n) is 61.0. The van der Waals surface area contributed by atoms with Crippen LogP contribution in [0.5, 0.6) is 0 Å². The Hall–Kier alpha value is -8.02. The van der Waals surface area contributed by atoms with E-state index in [0.717, 1.165) is 130 Å². The average molecular weight is 2080 g/mol. The molecular weight excluding hydrogens is 2000 g/mol. The number of rotatable bonds is 15. The summed E-state index contributed by atoms with van der Waals surface area (Å²) < 4.78 is 20.0. The second-order valence-corrected chi connectivity index (χ2v) is 30.6. The lowest BCUT2D eigenvalue weighted by atomic mass is 9.95. The standard InChI is InChI=1S/2C20H22IN3O.C15H10INO3.C15H12INO2.C15H10INO2.2ClH/c2*1-3-24(4-2)12-11-22-20(25)15-8-5-7-14-13-16-17(21)9-6-10-18(16)23-19(14)15;1-20-15(19)9-5-2-4-8-13(9)17-11-7-3-6-10(16)12(11)14(8)18;2*1-19-15(18)10-5-2-4-9-8-11-12(16)6-3-7-13(11)17-14(9)10;;/h2*5-10,13H,3-4,11-12H2,1-2H3,(H,22,25);2-7H,1H3,(H,17,18);2-7,17H,8H2,1H3;2-8H,1H3;2*1H. The largest absolute Gasteiger partial charge is 0.465 e. The summed E-state index contributed by atoms with van der Waals surface area (Å²) in [6, 6.07) is 64.0. The number of nitrogens with one attached hydrogen (secondary N) is 4. The molecule has 18 nitrogen and oxygen atoms in total. The van der Waals surface area contributed by atoms with Crippen LogP contribution in [-0.4, -0.2) is 133 Å². The van der Waals surface area contributed by atoms with Crippen LogP contribution in [0.1, 0.15) is 90.6 Å². The number of hydrogen-bond acceptors (Lipinski definition) is 15. The number of carbonyl (C=O) groups is 5. The Morgan fingerprint density at radius 1 is 0.436 bits per heavy atom. The van der Waals surface area contributed by atoms with Gasteiger partial charge in [-0.3, -0.25) is 14.4 Å². The van der Waals surface area contributed by atoms with Gasteiger partial charge in [-0.25, -0.2) is 29.3 Å². The molecule has 14 aromatic rings. The van der Waals surface area contributed by atoms with Gasteiger partial charge in [0.1, 0.15) is 0 Å². The van der Waals surface area contributed by atoms with Crippen LogP contribution >= 0.6 is 138 Å². The van der Waals surface area contributed by atoms with Crippen LogP contribution in [-0.2, 0) is 20.6 Å². The predicted octanol–water partition coefficient (Wildman–Crippen LogP) is 19.5. The van der Waals surface area contributed by atoms with E-state index in [4.69, 9.17) is 24.2 Å². The molecule has 0 atom stereocenters. The summed E-state index contributed by atoms with van der Waals surface area (Å²) >= 11 is 11.4. The van der Waals surface area contributed by atoms with Crippen molar-refractivity contribution in [3.63, 3.8) is 0 Å². The van der Waals surface area contributed by atoms with Crippen molar-refractivity contribution < 1.29 is 38.2 Å². The van der Waals surface area contributed by atoms with Gasteiger partial charge < -0.3 is 44.9 Å². The van der Waals surface area contributed by atoms with Crippen LogP contribution in [0.2, 0.25) is 0 Å². The van der Waals surface area contributed by atoms with Crippen LogP contribution < -0.4 is 21.4 Å². The summed E-state index contributed by atoms with van der Waals surface area (Å²) in [4.78, 5) is 95.1. The van der Waals surface area contributed by atoms with Crippen molar-refractivity contribution in [1.82, 2.24) is 40.4 Å². The second kappa shape index (κ2) is 40.4. The molecular formula is C85H78Cl2I5N9O9. The van der Waals surface area contributed by atoms with E-state index in [9.17, 15) is 28.8 Å². The monoisotopic (exact) mass is 2070 g/mol. The number of hydrogen-bond donors (Lipinski definition) is 4. The zero-order chi connectivity index (χ0) is 76.7. The van der Waals surface area contributed by atoms with Gasteiger partial charge in [0.2, 0.25) is 0 Å². The first kappa shape index (κ1) is 86.0. The number of halogens is 7. The number of aromatic amines is 1. The molecule has 0 unspecified atom stereocenters. The lowest BCUT2D eigenvalue weighted by Gasteiger charge is -2.24. The Bertz CT molecular complexity index is 5680. The number of anilines is 2. The lowest BCUT2D eigenvalue weighted by Crippen LogP contribution is -2.34. The highest BCUT2D eigenvalue weighted by molar-refractivity contribution is 14.1. The number of fused-ring (bicyclic) bond motifs is 10. The van der Waals surface area contributed by atoms with Gasteiger partial charge in [-0.15, -0.1) is 24.8 Å². The van der Waals surface area contributed by atoms with Gasteiger partial charge >= 0.3 is 17.9 Å². The molecule has 25 heteroatoms. The first-order valence-electron chi connectivity index (χ1n) is 34.9. The maximum atomic E-state index is 12.6. The third-order valence-electron chi connectivity index (χ3n) is 18.5. The molecule has 15 rings (SSSR count). The minimum absolute atomic E-state index is 0. The van der Waals surface area contributed by atoms with E-state index in [1.165, 1.54) is 37.6 Å². The van der Waals surface area contributed by atoms with Gasteiger partial charge in [-0.1, -0.05) is 113 Å². The van der Waals surface area contributed by atoms with Crippen molar-refractivity contribution in [2.45, 2.75) is 34.1 Å². The van der Waals surface area contributed by atoms with Crippen molar-refractivity contribution in [1.29, 1.82) is 0 Å². The van der Waals surface area contributed by atoms with E-state index in [2.05, 4.69) is 213 Å². The minimum Gasteiger partial charge on any atom is -0.465 e. The first-order valence-corrected chi connectivity index (χ1v) is 40.3. The third-order valence-corrected chi connectivity index (χ3v) is 23.2. The summed E-state index contributed by atoms with van der Waals surface area (Å²) in [5, 5.41) is 16.8. The molecule has 4 N–H and O–H groups in total. The van der Waals surface area contributed by atoms with Crippen molar-refractivity contribution in [2.24, 2.45) is 0 Å². The molecule has 110 heavy (non-hydrogen) atoms. The topological polar surface area (TPSA) is 227 Å². The Balaban J connectivity index is 0.000000158. The number of ether oxygens (including phenoxy) is 3. The molecule has 1 aliphatic rings. The fraction of sp³-hybridized carbons (Fsp3) is 0.188. The van der Waals surface area contributed by atoms with Gasteiger partial charge in [0.25, 0.3) is 11.8 Å². The van der Waals surface area contributed by atoms with Crippen LogP contribution in [0.4, 0.5) is 11.4 Å². The van der Waals surface area contributed by atoms with E-state index in [0.29, 0.717) is 68.2 Å². The van der Waals surface area contributed by atoms with E-state index in [1.807, 2.05) is 133 Å². The summed E-state index contributed by atoms with van der Waals surface area (Å²) in [6.07, 6.45) is 0.835. The number of para-hydroxylation sites is 5. The van der Waals surface area contributed by atoms with Gasteiger partial charge in [-0.2, -0.15) is 0 Å². The van der Waals surface area contributed by atoms with Crippen molar-refractivity contribution in [2.75, 3.05) is 79.0 Å². The highest BCUT2D eigenvalue weighted by Gasteiger charge is 2.24. The Morgan fingerprint density at radius 3 is 1.30 bits per heavy atom. The van der Waals surface area contributed by atoms with E-state index in [-0.39, 0.29) is 54.0 Å². The highest BCUT2D eigenvalue weighted by atomic mass is 127. The molecule has 0 spiro atoms. The number of carbonyl (C=O) groups excluding carboxylic acids is 5. The van der Waals surface area contributed by atoms with E-state index >= 15 is 0 Å². The van der Waals surface area contributed by atoms with Crippen molar-refractivity contribution >= 4 is 266 Å². The second-order valence-electron chi connectivity index (χ2n) is 24.8. The fourth-order valence-electron chi connectivity index (χ4n) is 12.7. The molecule has 1 aliphatic heterocycles. The van der Waals surface area contributed by atoms with E-state index in [1.54, 1.807) is 30.3 Å². The Kier molecular flexibility index (Phi) is 31.6. The Morgan fingerprint density at radius 2 is 0.818 bits per heavy atom. The lowest BCUT2D eigenvalue weighted by molar-refractivity contribution is 0.0593. The molecule has 5 heterocycles. The highest BCUT2D eigenvalue weighted by Crippen LogP contribution is 2.38. The molecule has 0 fully saturated rings. The number of aromatic nitrogens is 4. The zero-order valence-corrected chi connectivity index (χ0v) is 73.5. The molecule has 2 amide bonds. The number of methoxy groups -OCH3 is 3. The van der Waals surface area contributed by atoms with Crippen LogP contribution in [0, 0.1) is 17.9 Å². The number of amides is 2. The number of likely N-dealkylation sites (N-methyl/N-ethyl adjacent to an activating group) is 2. The third kappa shape index (κ3) is 19.9. The summed E-state index contributed by atoms with van der Waals surface area (Å²) in [5.74, 6) is -1.25. The predicted molar refractivity (Wildman–Crippen MR) is 491 cm³/mol. The smallest absolute Gasteiger partial charge is 0.340 e. The maximum absolute atomic E-state index is 12.6. The average Bonchev–Trinajstić information content (AvgIpc) is 0.782. The SMILES string of the molecule is CCN(CC)CCNC(=O)c1cccc2cc3c(I)cccc3nc12.CCN(CC)CCNC(=O)c1cccc2cc3c(I)cccc3nc12.COC(=O)c1cccc2c(=O)c3c(I)cccc3[nH]c12.COC(=O)c1cccc2c1Nc1cccc(I)c1C2.COC(=O)c1cccc2cc3c(I)cccc3nc12.Cl.Cl.